The maximum absolute atomic E-state index is 12.0. The van der Waals surface area contributed by atoms with E-state index in [0.29, 0.717) is 19.6 Å². The zero-order chi connectivity index (χ0) is 15.6. The van der Waals surface area contributed by atoms with Crippen molar-refractivity contribution in [2.75, 3.05) is 13.1 Å². The molecule has 0 aromatic carbocycles. The van der Waals surface area contributed by atoms with Crippen molar-refractivity contribution in [2.24, 2.45) is 5.73 Å². The fourth-order valence-electron chi connectivity index (χ4n) is 2.63. The lowest BCUT2D eigenvalue weighted by molar-refractivity contribution is 0.0199. The first kappa shape index (κ1) is 15.8. The highest BCUT2D eigenvalue weighted by atomic mass is 16.6. The van der Waals surface area contributed by atoms with Gasteiger partial charge in [-0.1, -0.05) is 5.16 Å². The lowest BCUT2D eigenvalue weighted by Gasteiger charge is -2.32. The average Bonchev–Trinajstić information content (AvgIpc) is 2.78. The van der Waals surface area contributed by atoms with E-state index in [1.54, 1.807) is 4.90 Å². The summed E-state index contributed by atoms with van der Waals surface area (Å²) in [4.78, 5) is 13.8. The van der Waals surface area contributed by atoms with Gasteiger partial charge in [-0.25, -0.2) is 4.79 Å². The second-order valence-corrected chi connectivity index (χ2v) is 6.56. The average molecular weight is 295 g/mol. The molecule has 0 spiro atoms. The highest BCUT2D eigenvalue weighted by molar-refractivity contribution is 5.68. The van der Waals surface area contributed by atoms with Gasteiger partial charge in [-0.05, 0) is 40.5 Å². The van der Waals surface area contributed by atoms with Crippen molar-refractivity contribution in [1.29, 1.82) is 0 Å². The Morgan fingerprint density at radius 1 is 1.43 bits per heavy atom. The van der Waals surface area contributed by atoms with Crippen molar-refractivity contribution < 1.29 is 14.1 Å². The number of carbonyl (C=O) groups excluding carboxylic acids is 1. The molecule has 1 aromatic heterocycles. The summed E-state index contributed by atoms with van der Waals surface area (Å²) in [7, 11) is 0. The summed E-state index contributed by atoms with van der Waals surface area (Å²) in [6, 6.07) is 0. The number of hydrogen-bond donors (Lipinski definition) is 1. The Morgan fingerprint density at radius 3 is 2.57 bits per heavy atom. The number of carbonyl (C=O) groups is 1. The molecule has 1 fully saturated rings. The van der Waals surface area contributed by atoms with Crippen LogP contribution in [0.5, 0.6) is 0 Å². The summed E-state index contributed by atoms with van der Waals surface area (Å²) in [5, 5.41) is 4.00. The third-order valence-corrected chi connectivity index (χ3v) is 3.74. The fourth-order valence-corrected chi connectivity index (χ4v) is 2.63. The Morgan fingerprint density at radius 2 is 2.05 bits per heavy atom. The number of aryl methyl sites for hydroxylation is 1. The molecular formula is C15H25N3O3. The molecule has 1 amide bonds. The van der Waals surface area contributed by atoms with Crippen molar-refractivity contribution in [1.82, 2.24) is 10.1 Å². The monoisotopic (exact) mass is 295 g/mol. The normalized spacial score (nSPS) is 17.1. The fraction of sp³-hybridized carbons (Fsp3) is 0.733. The topological polar surface area (TPSA) is 81.6 Å². The molecule has 1 aliphatic rings. The van der Waals surface area contributed by atoms with Crippen LogP contribution in [-0.4, -0.2) is 34.8 Å². The number of nitrogens with zero attached hydrogens (tertiary/aromatic N) is 2. The van der Waals surface area contributed by atoms with E-state index in [1.165, 1.54) is 0 Å². The van der Waals surface area contributed by atoms with E-state index >= 15 is 0 Å². The van der Waals surface area contributed by atoms with Crippen LogP contribution < -0.4 is 5.73 Å². The van der Waals surface area contributed by atoms with Crippen LogP contribution in [0.25, 0.3) is 0 Å². The van der Waals surface area contributed by atoms with E-state index in [9.17, 15) is 4.79 Å². The molecule has 1 saturated heterocycles. The Kier molecular flexibility index (Phi) is 4.56. The summed E-state index contributed by atoms with van der Waals surface area (Å²) < 4.78 is 10.8. The molecule has 0 bridgehead atoms. The van der Waals surface area contributed by atoms with Gasteiger partial charge >= 0.3 is 6.09 Å². The van der Waals surface area contributed by atoms with Crippen LogP contribution >= 0.6 is 0 Å². The minimum absolute atomic E-state index is 0.242. The number of rotatable bonds is 2. The van der Waals surface area contributed by atoms with Gasteiger partial charge in [-0.3, -0.25) is 0 Å². The molecular weight excluding hydrogens is 270 g/mol. The van der Waals surface area contributed by atoms with Crippen LogP contribution in [0.3, 0.4) is 0 Å². The Labute approximate surface area is 125 Å². The van der Waals surface area contributed by atoms with Gasteiger partial charge in [0.25, 0.3) is 0 Å². The zero-order valence-corrected chi connectivity index (χ0v) is 13.3. The van der Waals surface area contributed by atoms with Crippen molar-refractivity contribution in [3.05, 3.63) is 17.0 Å². The molecule has 2 N–H and O–H groups in total. The zero-order valence-electron chi connectivity index (χ0n) is 13.3. The standard InChI is InChI=1S/C15H25N3O3/c1-10-12(9-16)13(21-17-10)11-5-7-18(8-6-11)14(19)20-15(2,3)4/h11H,5-9,16H2,1-4H3. The number of piperidine rings is 1. The predicted octanol–water partition coefficient (Wildman–Crippen LogP) is 2.56. The largest absolute Gasteiger partial charge is 0.444 e. The molecule has 6 heteroatoms. The van der Waals surface area contributed by atoms with Crippen LogP contribution in [0.15, 0.2) is 4.52 Å². The molecule has 6 nitrogen and oxygen atoms in total. The van der Waals surface area contributed by atoms with Gasteiger partial charge in [-0.15, -0.1) is 0 Å². The molecule has 1 aliphatic heterocycles. The smallest absolute Gasteiger partial charge is 0.410 e. The maximum atomic E-state index is 12.0. The van der Waals surface area contributed by atoms with Gasteiger partial charge in [0, 0.05) is 31.1 Å². The minimum Gasteiger partial charge on any atom is -0.444 e. The number of nitrogens with two attached hydrogens (primary N) is 1. The van der Waals surface area contributed by atoms with Crippen molar-refractivity contribution in [2.45, 2.75) is 58.6 Å². The molecule has 2 rings (SSSR count). The summed E-state index contributed by atoms with van der Waals surface area (Å²) in [5.41, 5.74) is 7.18. The van der Waals surface area contributed by atoms with Crippen molar-refractivity contribution in [3.63, 3.8) is 0 Å². The summed E-state index contributed by atoms with van der Waals surface area (Å²) in [6.45, 7) is 9.32. The Balaban J connectivity index is 1.95. The SMILES string of the molecule is Cc1noc(C2CCN(C(=O)OC(C)(C)C)CC2)c1CN. The van der Waals surface area contributed by atoms with Crippen LogP contribution in [0.4, 0.5) is 4.79 Å². The van der Waals surface area contributed by atoms with E-state index in [4.69, 9.17) is 15.0 Å². The molecule has 0 unspecified atom stereocenters. The summed E-state index contributed by atoms with van der Waals surface area (Å²) in [5.74, 6) is 1.17. The highest BCUT2D eigenvalue weighted by Crippen LogP contribution is 2.32. The lowest BCUT2D eigenvalue weighted by atomic mass is 9.91. The van der Waals surface area contributed by atoms with E-state index in [-0.39, 0.29) is 12.0 Å². The van der Waals surface area contributed by atoms with Crippen LogP contribution in [0, 0.1) is 6.92 Å². The number of likely N-dealkylation sites (tertiary alicyclic amines) is 1. The minimum atomic E-state index is -0.456. The molecule has 0 atom stereocenters. The maximum Gasteiger partial charge on any atom is 0.410 e. The van der Waals surface area contributed by atoms with E-state index in [2.05, 4.69) is 5.16 Å². The predicted molar refractivity (Wildman–Crippen MR) is 78.9 cm³/mol. The molecule has 0 radical (unpaired) electrons. The number of amides is 1. The van der Waals surface area contributed by atoms with E-state index in [0.717, 1.165) is 29.9 Å². The first-order chi connectivity index (χ1) is 9.81. The van der Waals surface area contributed by atoms with Gasteiger partial charge in [0.1, 0.15) is 11.4 Å². The first-order valence-corrected chi connectivity index (χ1v) is 7.45. The van der Waals surface area contributed by atoms with Gasteiger partial charge in [0.05, 0.1) is 5.69 Å². The van der Waals surface area contributed by atoms with Crippen LogP contribution in [0.1, 0.15) is 56.5 Å². The Hall–Kier alpha value is -1.56. The molecule has 118 valence electrons. The van der Waals surface area contributed by atoms with Crippen molar-refractivity contribution in [3.8, 4) is 0 Å². The van der Waals surface area contributed by atoms with Gasteiger partial charge in [0.15, 0.2) is 0 Å². The number of ether oxygens (including phenoxy) is 1. The number of aromatic nitrogens is 1. The van der Waals surface area contributed by atoms with Crippen molar-refractivity contribution >= 4 is 6.09 Å². The molecule has 0 aliphatic carbocycles. The highest BCUT2D eigenvalue weighted by Gasteiger charge is 2.30. The van der Waals surface area contributed by atoms with E-state index in [1.807, 2.05) is 27.7 Å². The second-order valence-electron chi connectivity index (χ2n) is 6.56. The quantitative estimate of drug-likeness (QED) is 0.906. The summed E-state index contributed by atoms with van der Waals surface area (Å²) >= 11 is 0. The summed E-state index contributed by atoms with van der Waals surface area (Å²) in [6.07, 6.45) is 1.45. The lowest BCUT2D eigenvalue weighted by Crippen LogP contribution is -2.41. The van der Waals surface area contributed by atoms with Gasteiger partial charge in [0.2, 0.25) is 0 Å². The van der Waals surface area contributed by atoms with E-state index < -0.39 is 5.60 Å². The van der Waals surface area contributed by atoms with Gasteiger partial charge < -0.3 is 19.9 Å². The molecule has 0 saturated carbocycles. The van der Waals surface area contributed by atoms with Crippen LogP contribution in [-0.2, 0) is 11.3 Å². The third-order valence-electron chi connectivity index (χ3n) is 3.74. The molecule has 21 heavy (non-hydrogen) atoms. The first-order valence-electron chi connectivity index (χ1n) is 7.45. The number of hydrogen-bond acceptors (Lipinski definition) is 5. The third kappa shape index (κ3) is 3.75. The van der Waals surface area contributed by atoms with Gasteiger partial charge in [-0.2, -0.15) is 0 Å². The second kappa shape index (κ2) is 6.05. The van der Waals surface area contributed by atoms with Crippen LogP contribution in [0.2, 0.25) is 0 Å². The molecule has 2 heterocycles. The Bertz CT molecular complexity index is 497. The molecule has 1 aromatic rings.